The van der Waals surface area contributed by atoms with Crippen molar-refractivity contribution in [2.24, 2.45) is 0 Å². The lowest BCUT2D eigenvalue weighted by Gasteiger charge is -2.23. The van der Waals surface area contributed by atoms with Gasteiger partial charge >= 0.3 is 0 Å². The van der Waals surface area contributed by atoms with E-state index in [9.17, 15) is 4.79 Å². The number of anilines is 2. The maximum atomic E-state index is 12.6. The molecule has 1 amide bonds. The summed E-state index contributed by atoms with van der Waals surface area (Å²) < 4.78 is 0. The molecule has 0 aliphatic heterocycles. The Bertz CT molecular complexity index is 576. The van der Waals surface area contributed by atoms with Gasteiger partial charge in [-0.1, -0.05) is 19.1 Å². The van der Waals surface area contributed by atoms with Crippen molar-refractivity contribution in [1.82, 2.24) is 10.2 Å². The molecule has 5 heteroatoms. The van der Waals surface area contributed by atoms with Crippen LogP contribution in [0.2, 0.25) is 0 Å². The number of hydrogen-bond donors (Lipinski definition) is 2. The van der Waals surface area contributed by atoms with Gasteiger partial charge in [0.2, 0.25) is 0 Å². The second-order valence-corrected chi connectivity index (χ2v) is 4.42. The molecule has 5 nitrogen and oxygen atoms in total. The minimum atomic E-state index is -0.0778. The van der Waals surface area contributed by atoms with Gasteiger partial charge in [-0.25, -0.2) is 0 Å². The molecule has 2 rings (SSSR count). The molecule has 0 fully saturated rings. The van der Waals surface area contributed by atoms with Crippen molar-refractivity contribution in [2.75, 3.05) is 17.2 Å². The molecule has 0 spiro atoms. The lowest BCUT2D eigenvalue weighted by molar-refractivity contribution is 0.0986. The van der Waals surface area contributed by atoms with E-state index >= 15 is 0 Å². The molecule has 1 heterocycles. The van der Waals surface area contributed by atoms with Gasteiger partial charge < -0.3 is 10.6 Å². The lowest BCUT2D eigenvalue weighted by atomic mass is 10.2. The molecule has 1 aromatic carbocycles. The lowest BCUT2D eigenvalue weighted by Crippen LogP contribution is -2.32. The first kappa shape index (κ1) is 13.1. The fourth-order valence-corrected chi connectivity index (χ4v) is 2.00. The van der Waals surface area contributed by atoms with E-state index in [1.807, 2.05) is 32.0 Å². The van der Waals surface area contributed by atoms with Crippen LogP contribution in [0.25, 0.3) is 0 Å². The quantitative estimate of drug-likeness (QED) is 0.827. The van der Waals surface area contributed by atoms with Crippen molar-refractivity contribution in [2.45, 2.75) is 20.3 Å². The Morgan fingerprint density at radius 3 is 2.74 bits per heavy atom. The number of nitrogens with one attached hydrogen (secondary N) is 1. The Kier molecular flexibility index (Phi) is 3.85. The number of hydrogen-bond acceptors (Lipinski definition) is 3. The summed E-state index contributed by atoms with van der Waals surface area (Å²) in [6, 6.07) is 7.40. The van der Waals surface area contributed by atoms with Crippen molar-refractivity contribution in [3.8, 4) is 0 Å². The van der Waals surface area contributed by atoms with Crippen molar-refractivity contribution >= 4 is 17.3 Å². The van der Waals surface area contributed by atoms with Gasteiger partial charge in [-0.3, -0.25) is 9.89 Å². The van der Waals surface area contributed by atoms with Gasteiger partial charge in [0.05, 0.1) is 23.1 Å². The molecular weight excluding hydrogens is 240 g/mol. The van der Waals surface area contributed by atoms with Gasteiger partial charge in [0, 0.05) is 12.2 Å². The number of amides is 1. The fraction of sp³-hybridized carbons (Fsp3) is 0.286. The normalized spacial score (nSPS) is 10.4. The number of carbonyl (C=O) groups is 1. The van der Waals surface area contributed by atoms with Crippen LogP contribution in [0.1, 0.15) is 29.4 Å². The zero-order valence-electron chi connectivity index (χ0n) is 11.2. The molecule has 1 aromatic heterocycles. The van der Waals surface area contributed by atoms with Crippen molar-refractivity contribution in [3.05, 3.63) is 41.7 Å². The summed E-state index contributed by atoms with van der Waals surface area (Å²) in [4.78, 5) is 14.3. The largest absolute Gasteiger partial charge is 0.397 e. The van der Waals surface area contributed by atoms with E-state index in [-0.39, 0.29) is 5.91 Å². The highest BCUT2D eigenvalue weighted by molar-refractivity contribution is 6.08. The van der Waals surface area contributed by atoms with Crippen LogP contribution >= 0.6 is 0 Å². The van der Waals surface area contributed by atoms with Crippen LogP contribution < -0.4 is 10.6 Å². The topological polar surface area (TPSA) is 75.0 Å². The van der Waals surface area contributed by atoms with Crippen molar-refractivity contribution in [1.29, 1.82) is 0 Å². The summed E-state index contributed by atoms with van der Waals surface area (Å²) in [5, 5.41) is 6.68. The number of aromatic amines is 1. The van der Waals surface area contributed by atoms with E-state index in [0.717, 1.165) is 17.8 Å². The standard InChI is InChI=1S/C14H18N4O/c1-3-8-18(13-7-5-4-6-12(13)15)14(19)11-9-16-17-10(11)2/h4-7,9H,3,8,15H2,1-2H3,(H,16,17). The Morgan fingerprint density at radius 2 is 2.16 bits per heavy atom. The molecule has 0 bridgehead atoms. The Morgan fingerprint density at radius 1 is 1.42 bits per heavy atom. The van der Waals surface area contributed by atoms with Gasteiger partial charge in [0.1, 0.15) is 0 Å². The van der Waals surface area contributed by atoms with Gasteiger partial charge in [-0.05, 0) is 25.5 Å². The van der Waals surface area contributed by atoms with Gasteiger partial charge in [0.15, 0.2) is 0 Å². The first-order valence-corrected chi connectivity index (χ1v) is 6.31. The zero-order valence-corrected chi connectivity index (χ0v) is 11.2. The Labute approximate surface area is 112 Å². The van der Waals surface area contributed by atoms with Gasteiger partial charge in [-0.15, -0.1) is 0 Å². The fourth-order valence-electron chi connectivity index (χ4n) is 2.00. The van der Waals surface area contributed by atoms with Crippen LogP contribution in [0.4, 0.5) is 11.4 Å². The van der Waals surface area contributed by atoms with Crippen molar-refractivity contribution < 1.29 is 4.79 Å². The first-order valence-electron chi connectivity index (χ1n) is 6.31. The number of H-pyrrole nitrogens is 1. The number of para-hydroxylation sites is 2. The average molecular weight is 258 g/mol. The van der Waals surface area contributed by atoms with Crippen LogP contribution in [-0.4, -0.2) is 22.6 Å². The molecule has 0 atom stereocenters. The monoisotopic (exact) mass is 258 g/mol. The summed E-state index contributed by atoms with van der Waals surface area (Å²) in [6.07, 6.45) is 2.41. The van der Waals surface area contributed by atoms with E-state index in [1.54, 1.807) is 17.2 Å². The van der Waals surface area contributed by atoms with Crippen LogP contribution in [-0.2, 0) is 0 Å². The second-order valence-electron chi connectivity index (χ2n) is 4.42. The SMILES string of the molecule is CCCN(C(=O)c1cn[nH]c1C)c1ccccc1N. The summed E-state index contributed by atoms with van der Waals surface area (Å²) in [5.74, 6) is -0.0778. The molecule has 0 saturated carbocycles. The highest BCUT2D eigenvalue weighted by Gasteiger charge is 2.21. The van der Waals surface area contributed by atoms with Crippen LogP contribution in [0.5, 0.6) is 0 Å². The summed E-state index contributed by atoms with van der Waals surface area (Å²) >= 11 is 0. The Balaban J connectivity index is 2.39. The zero-order chi connectivity index (χ0) is 13.8. The van der Waals surface area contributed by atoms with Crippen LogP contribution in [0, 0.1) is 6.92 Å². The number of nitrogen functional groups attached to an aromatic ring is 1. The number of nitrogens with two attached hydrogens (primary N) is 1. The number of aryl methyl sites for hydroxylation is 1. The second kappa shape index (κ2) is 5.56. The minimum Gasteiger partial charge on any atom is -0.397 e. The first-order chi connectivity index (χ1) is 9.15. The predicted octanol–water partition coefficient (Wildman–Crippen LogP) is 2.36. The highest BCUT2D eigenvalue weighted by atomic mass is 16.2. The molecule has 100 valence electrons. The Hall–Kier alpha value is -2.30. The number of carbonyl (C=O) groups excluding carboxylic acids is 1. The maximum absolute atomic E-state index is 12.6. The number of nitrogens with zero attached hydrogens (tertiary/aromatic N) is 2. The summed E-state index contributed by atoms with van der Waals surface area (Å²) in [5.41, 5.74) is 8.66. The molecule has 19 heavy (non-hydrogen) atoms. The van der Waals surface area contributed by atoms with E-state index in [2.05, 4.69) is 10.2 Å². The van der Waals surface area contributed by atoms with Crippen molar-refractivity contribution in [3.63, 3.8) is 0 Å². The summed E-state index contributed by atoms with van der Waals surface area (Å²) in [6.45, 7) is 4.48. The molecule has 0 aliphatic rings. The van der Waals surface area contributed by atoms with E-state index in [1.165, 1.54) is 0 Å². The third-order valence-electron chi connectivity index (χ3n) is 2.98. The van der Waals surface area contributed by atoms with Gasteiger partial charge in [0.25, 0.3) is 5.91 Å². The molecule has 0 unspecified atom stereocenters. The molecular formula is C14H18N4O. The van der Waals surface area contributed by atoms with Crippen LogP contribution in [0.3, 0.4) is 0 Å². The minimum absolute atomic E-state index is 0.0778. The van der Waals surface area contributed by atoms with E-state index in [0.29, 0.717) is 17.8 Å². The third-order valence-corrected chi connectivity index (χ3v) is 2.98. The smallest absolute Gasteiger partial charge is 0.261 e. The van der Waals surface area contributed by atoms with E-state index in [4.69, 9.17) is 5.73 Å². The number of benzene rings is 1. The van der Waals surface area contributed by atoms with E-state index < -0.39 is 0 Å². The van der Waals surface area contributed by atoms with Crippen LogP contribution in [0.15, 0.2) is 30.5 Å². The maximum Gasteiger partial charge on any atom is 0.261 e. The van der Waals surface area contributed by atoms with Gasteiger partial charge in [-0.2, -0.15) is 5.10 Å². The highest BCUT2D eigenvalue weighted by Crippen LogP contribution is 2.24. The number of rotatable bonds is 4. The predicted molar refractivity (Wildman–Crippen MR) is 76.1 cm³/mol. The number of aromatic nitrogens is 2. The summed E-state index contributed by atoms with van der Waals surface area (Å²) in [7, 11) is 0. The average Bonchev–Trinajstić information content (AvgIpc) is 2.82. The molecule has 0 aliphatic carbocycles. The molecule has 3 N–H and O–H groups in total. The molecule has 0 radical (unpaired) electrons. The molecule has 0 saturated heterocycles. The third kappa shape index (κ3) is 2.59. The molecule has 2 aromatic rings.